The number of nitrogens with one attached hydrogen (secondary N) is 4. The van der Waals surface area contributed by atoms with Gasteiger partial charge in [-0.05, 0) is 93.6 Å². The Morgan fingerprint density at radius 2 is 1.50 bits per heavy atom. The molecule has 0 unspecified atom stereocenters. The van der Waals surface area contributed by atoms with Crippen molar-refractivity contribution in [3.8, 4) is 5.75 Å². The molecular weight excluding hydrogens is 773 g/mol. The molecule has 18 nitrogen and oxygen atoms in total. The molecule has 6 atom stereocenters. The number of amides is 5. The summed E-state index contributed by atoms with van der Waals surface area (Å²) in [6, 6.07) is -0.442. The van der Waals surface area contributed by atoms with Gasteiger partial charge in [-0.15, -0.1) is 0 Å². The third-order valence-electron chi connectivity index (χ3n) is 10.6. The standard InChI is InChI=1S/C42H72N10O8/c1-8-51(9-2)22-11-10-14-29(43)35(54)47-30(15-12-21-46-41(44)45)39(58)52-23-13-16-33(52)37(56)48-31(25-27-17-19-28(53)20-18-27)36(55)50-34(42(5,6)7)38(57)49-32(40(59)60)24-26(3)4/h17-20,26,29-34,53H,8-16,21-25,43H2,1-7H3,(H,47,54)(H,48,56)(H,49,57)(H,50,55)(H,59,60)(H4,44,45,46)/t29-,30-,31-,32-,33-,34+/m0/s1. The maximum Gasteiger partial charge on any atom is 0.326 e. The van der Waals surface area contributed by atoms with Gasteiger partial charge < -0.3 is 58.5 Å². The molecule has 12 N–H and O–H groups in total. The van der Waals surface area contributed by atoms with Gasteiger partial charge in [0.1, 0.15) is 36.0 Å². The van der Waals surface area contributed by atoms with Crippen LogP contribution in [0.3, 0.4) is 0 Å². The number of hydrogen-bond acceptors (Lipinski definition) is 10. The fourth-order valence-electron chi connectivity index (χ4n) is 7.12. The molecule has 2 rings (SSSR count). The number of carboxylic acid groups (broad SMARTS) is 1. The third-order valence-corrected chi connectivity index (χ3v) is 10.6. The first-order valence-electron chi connectivity index (χ1n) is 21.2. The number of aromatic hydroxyl groups is 1. The highest BCUT2D eigenvalue weighted by Gasteiger charge is 2.41. The third kappa shape index (κ3) is 17.3. The van der Waals surface area contributed by atoms with Crippen molar-refractivity contribution < 1.29 is 39.0 Å². The topological polar surface area (TPSA) is 288 Å². The lowest BCUT2D eigenvalue weighted by Crippen LogP contribution is -2.61. The second-order valence-electron chi connectivity index (χ2n) is 17.1. The Hall–Kier alpha value is -4.97. The van der Waals surface area contributed by atoms with Crippen LogP contribution in [-0.2, 0) is 35.2 Å². The molecule has 1 aliphatic rings. The van der Waals surface area contributed by atoms with Gasteiger partial charge in [0.15, 0.2) is 5.96 Å². The van der Waals surface area contributed by atoms with Crippen molar-refractivity contribution in [3.63, 3.8) is 0 Å². The first-order chi connectivity index (χ1) is 28.2. The SMILES string of the molecule is CCN(CC)CCCC[C@H](N)C(=O)N[C@@H](CCCN=C(N)N)C(=O)N1CCC[C@H]1C(=O)N[C@@H](Cc1ccc(O)cc1)C(=O)N[C@H](C(=O)N[C@@H](CC(C)C)C(=O)O)C(C)(C)C. The molecule has 1 heterocycles. The first kappa shape index (κ1) is 51.2. The predicted molar refractivity (Wildman–Crippen MR) is 230 cm³/mol. The van der Waals surface area contributed by atoms with Crippen LogP contribution in [0.2, 0.25) is 0 Å². The van der Waals surface area contributed by atoms with Crippen LogP contribution in [0.4, 0.5) is 0 Å². The second-order valence-corrected chi connectivity index (χ2v) is 17.1. The summed E-state index contributed by atoms with van der Waals surface area (Å²) in [7, 11) is 0. The monoisotopic (exact) mass is 845 g/mol. The number of phenolic OH excluding ortho intramolecular Hbond substituents is 1. The molecule has 1 saturated heterocycles. The van der Waals surface area contributed by atoms with E-state index >= 15 is 0 Å². The number of likely N-dealkylation sites (tertiary alicyclic amines) is 1. The number of aliphatic imine (C=N–C) groups is 1. The zero-order chi connectivity index (χ0) is 45.2. The fourth-order valence-corrected chi connectivity index (χ4v) is 7.12. The summed E-state index contributed by atoms with van der Waals surface area (Å²) in [5.74, 6) is -4.35. The summed E-state index contributed by atoms with van der Waals surface area (Å²) < 4.78 is 0. The number of carbonyl (C=O) groups excluding carboxylic acids is 5. The van der Waals surface area contributed by atoms with Gasteiger partial charge in [0.2, 0.25) is 29.5 Å². The number of hydrogen-bond donors (Lipinski definition) is 9. The lowest BCUT2D eigenvalue weighted by atomic mass is 9.85. The highest BCUT2D eigenvalue weighted by Crippen LogP contribution is 2.23. The lowest BCUT2D eigenvalue weighted by molar-refractivity contribution is -0.143. The quantitative estimate of drug-likeness (QED) is 0.0378. The molecule has 0 saturated carbocycles. The molecular formula is C42H72N10O8. The number of unbranched alkanes of at least 4 members (excludes halogenated alkanes) is 1. The van der Waals surface area contributed by atoms with Crippen molar-refractivity contribution in [3.05, 3.63) is 29.8 Å². The summed E-state index contributed by atoms with van der Waals surface area (Å²) in [6.07, 6.45) is 3.43. The van der Waals surface area contributed by atoms with Gasteiger partial charge in [0.05, 0.1) is 6.04 Å². The molecule has 0 aliphatic carbocycles. The molecule has 0 aromatic heterocycles. The van der Waals surface area contributed by atoms with Gasteiger partial charge in [-0.2, -0.15) is 0 Å². The molecule has 0 radical (unpaired) electrons. The number of aliphatic carboxylic acids is 1. The number of carboxylic acids is 1. The number of nitrogens with zero attached hydrogens (tertiary/aromatic N) is 3. The molecule has 338 valence electrons. The minimum absolute atomic E-state index is 0.000986. The van der Waals surface area contributed by atoms with Crippen molar-refractivity contribution >= 4 is 41.5 Å². The van der Waals surface area contributed by atoms with E-state index in [-0.39, 0.29) is 56.4 Å². The summed E-state index contributed by atoms with van der Waals surface area (Å²) in [6.45, 7) is 16.2. The Bertz CT molecular complexity index is 1590. The van der Waals surface area contributed by atoms with Crippen LogP contribution >= 0.6 is 0 Å². The zero-order valence-electron chi connectivity index (χ0n) is 36.7. The molecule has 0 spiro atoms. The van der Waals surface area contributed by atoms with Crippen LogP contribution in [0, 0.1) is 11.3 Å². The highest BCUT2D eigenvalue weighted by molar-refractivity contribution is 5.97. The number of benzene rings is 1. The number of guanidine groups is 1. The van der Waals surface area contributed by atoms with E-state index in [1.165, 1.54) is 17.0 Å². The van der Waals surface area contributed by atoms with Gasteiger partial charge in [0.25, 0.3) is 0 Å². The van der Waals surface area contributed by atoms with E-state index in [0.717, 1.165) is 32.5 Å². The minimum atomic E-state index is -1.25. The van der Waals surface area contributed by atoms with E-state index in [1.807, 2.05) is 13.8 Å². The maximum atomic E-state index is 14.2. The van der Waals surface area contributed by atoms with Crippen molar-refractivity contribution in [1.29, 1.82) is 0 Å². The molecule has 5 amide bonds. The smallest absolute Gasteiger partial charge is 0.326 e. The van der Waals surface area contributed by atoms with Crippen molar-refractivity contribution in [1.82, 2.24) is 31.1 Å². The van der Waals surface area contributed by atoms with Crippen molar-refractivity contribution in [2.24, 2.45) is 33.5 Å². The molecule has 0 bridgehead atoms. The summed E-state index contributed by atoms with van der Waals surface area (Å²) in [4.78, 5) is 89.2. The molecule has 1 aromatic carbocycles. The van der Waals surface area contributed by atoms with Gasteiger partial charge >= 0.3 is 5.97 Å². The van der Waals surface area contributed by atoms with E-state index in [9.17, 15) is 39.0 Å². The number of rotatable bonds is 25. The Kier molecular flexibility index (Phi) is 21.3. The van der Waals surface area contributed by atoms with Crippen LogP contribution in [-0.4, -0.2) is 130 Å². The number of carbonyl (C=O) groups is 6. The van der Waals surface area contributed by atoms with Crippen LogP contribution in [0.1, 0.15) is 105 Å². The Morgan fingerprint density at radius 3 is 2.07 bits per heavy atom. The predicted octanol–water partition coefficient (Wildman–Crippen LogP) is 0.935. The molecule has 1 aliphatic heterocycles. The number of nitrogens with two attached hydrogens (primary N) is 3. The molecule has 18 heteroatoms. The van der Waals surface area contributed by atoms with E-state index in [4.69, 9.17) is 17.2 Å². The van der Waals surface area contributed by atoms with Crippen molar-refractivity contribution in [2.45, 2.75) is 143 Å². The van der Waals surface area contributed by atoms with E-state index < -0.39 is 77.2 Å². The van der Waals surface area contributed by atoms with E-state index in [2.05, 4.69) is 45.0 Å². The zero-order valence-corrected chi connectivity index (χ0v) is 36.7. The van der Waals surface area contributed by atoms with Crippen molar-refractivity contribution in [2.75, 3.05) is 32.7 Å². The van der Waals surface area contributed by atoms with E-state index in [0.29, 0.717) is 24.8 Å². The van der Waals surface area contributed by atoms with Gasteiger partial charge in [-0.25, -0.2) is 4.79 Å². The van der Waals surface area contributed by atoms with E-state index in [1.54, 1.807) is 32.9 Å². The highest BCUT2D eigenvalue weighted by atomic mass is 16.4. The minimum Gasteiger partial charge on any atom is -0.508 e. The van der Waals surface area contributed by atoms with Gasteiger partial charge in [-0.3, -0.25) is 29.0 Å². The van der Waals surface area contributed by atoms with Crippen LogP contribution in [0.15, 0.2) is 29.3 Å². The lowest BCUT2D eigenvalue weighted by Gasteiger charge is -2.33. The summed E-state index contributed by atoms with van der Waals surface area (Å²) >= 11 is 0. The maximum absolute atomic E-state index is 14.2. The average Bonchev–Trinajstić information content (AvgIpc) is 3.67. The molecule has 1 fully saturated rings. The average molecular weight is 845 g/mol. The summed E-state index contributed by atoms with van der Waals surface area (Å²) in [5, 5.41) is 30.6. The summed E-state index contributed by atoms with van der Waals surface area (Å²) in [5.41, 5.74) is 17.0. The number of phenols is 1. The van der Waals surface area contributed by atoms with Crippen LogP contribution in [0.5, 0.6) is 5.75 Å². The second kappa shape index (κ2) is 25.0. The fraction of sp³-hybridized carbons (Fsp3) is 0.690. The largest absolute Gasteiger partial charge is 0.508 e. The molecule has 1 aromatic rings. The Labute approximate surface area is 355 Å². The van der Waals surface area contributed by atoms with Crippen LogP contribution in [0.25, 0.3) is 0 Å². The Balaban J connectivity index is 2.34. The van der Waals surface area contributed by atoms with Crippen LogP contribution < -0.4 is 38.5 Å². The molecule has 60 heavy (non-hydrogen) atoms. The first-order valence-corrected chi connectivity index (χ1v) is 21.2. The van der Waals surface area contributed by atoms with Gasteiger partial charge in [-0.1, -0.05) is 67.0 Å². The Morgan fingerprint density at radius 1 is 0.867 bits per heavy atom. The normalized spacial score (nSPS) is 16.6. The van der Waals surface area contributed by atoms with Gasteiger partial charge in [0, 0.05) is 19.5 Å².